The molecular formula is C19H24N2O2S. The standard InChI is InChI=1S/C19H24N2O2S/c22-17(18-7-4-14-24-18)15-20-10-12-21(13-11-20)19(23)9-8-16-5-2-1-3-6-16/h1-7,14,17,22H,8-13,15H2/t17-/m0/s1. The second kappa shape index (κ2) is 8.42. The smallest absolute Gasteiger partial charge is 0.222 e. The molecule has 0 aliphatic carbocycles. The van der Waals surface area contributed by atoms with Crippen LogP contribution in [0.5, 0.6) is 0 Å². The predicted octanol–water partition coefficient (Wildman–Crippen LogP) is 2.56. The van der Waals surface area contributed by atoms with Crippen LogP contribution in [0.3, 0.4) is 0 Å². The van der Waals surface area contributed by atoms with Gasteiger partial charge in [0.15, 0.2) is 0 Å². The zero-order valence-electron chi connectivity index (χ0n) is 13.8. The predicted molar refractivity (Wildman–Crippen MR) is 97.1 cm³/mol. The summed E-state index contributed by atoms with van der Waals surface area (Å²) in [5.41, 5.74) is 1.21. The van der Waals surface area contributed by atoms with Gasteiger partial charge in [-0.1, -0.05) is 36.4 Å². The Morgan fingerprint density at radius 1 is 1.08 bits per heavy atom. The second-order valence-corrected chi connectivity index (χ2v) is 7.18. The topological polar surface area (TPSA) is 43.8 Å². The SMILES string of the molecule is O=C(CCc1ccccc1)N1CCN(C[C@H](O)c2cccs2)CC1. The first-order chi connectivity index (χ1) is 11.7. The Morgan fingerprint density at radius 2 is 1.83 bits per heavy atom. The molecule has 0 radical (unpaired) electrons. The first-order valence-corrected chi connectivity index (χ1v) is 9.36. The van der Waals surface area contributed by atoms with Crippen molar-refractivity contribution in [2.75, 3.05) is 32.7 Å². The van der Waals surface area contributed by atoms with Crippen molar-refractivity contribution in [1.82, 2.24) is 9.80 Å². The summed E-state index contributed by atoms with van der Waals surface area (Å²) in [6.45, 7) is 3.82. The number of aryl methyl sites for hydroxylation is 1. The van der Waals surface area contributed by atoms with Gasteiger partial charge in [0, 0.05) is 44.0 Å². The molecule has 2 heterocycles. The van der Waals surface area contributed by atoms with Crippen molar-refractivity contribution in [2.45, 2.75) is 18.9 Å². The van der Waals surface area contributed by atoms with Crippen molar-refractivity contribution in [3.8, 4) is 0 Å². The fraction of sp³-hybridized carbons (Fsp3) is 0.421. The molecule has 24 heavy (non-hydrogen) atoms. The summed E-state index contributed by atoms with van der Waals surface area (Å²) >= 11 is 1.59. The molecule has 1 aromatic heterocycles. The van der Waals surface area contributed by atoms with E-state index in [9.17, 15) is 9.90 Å². The summed E-state index contributed by atoms with van der Waals surface area (Å²) in [6, 6.07) is 14.1. The average Bonchev–Trinajstić information content (AvgIpc) is 3.16. The van der Waals surface area contributed by atoms with Crippen molar-refractivity contribution in [2.24, 2.45) is 0 Å². The fourth-order valence-corrected chi connectivity index (χ4v) is 3.75. The summed E-state index contributed by atoms with van der Waals surface area (Å²) in [5, 5.41) is 12.2. The van der Waals surface area contributed by atoms with E-state index in [4.69, 9.17) is 0 Å². The second-order valence-electron chi connectivity index (χ2n) is 6.20. The first kappa shape index (κ1) is 17.1. The van der Waals surface area contributed by atoms with Crippen LogP contribution in [0.2, 0.25) is 0 Å². The van der Waals surface area contributed by atoms with Crippen LogP contribution in [0.25, 0.3) is 0 Å². The van der Waals surface area contributed by atoms with Crippen molar-refractivity contribution >= 4 is 17.2 Å². The van der Waals surface area contributed by atoms with E-state index in [0.29, 0.717) is 13.0 Å². The number of aliphatic hydroxyl groups excluding tert-OH is 1. The number of benzene rings is 1. The van der Waals surface area contributed by atoms with Gasteiger partial charge in [-0.25, -0.2) is 0 Å². The third-order valence-electron chi connectivity index (χ3n) is 4.50. The van der Waals surface area contributed by atoms with Gasteiger partial charge in [-0.15, -0.1) is 11.3 Å². The van der Waals surface area contributed by atoms with Crippen LogP contribution >= 0.6 is 11.3 Å². The van der Waals surface area contributed by atoms with E-state index < -0.39 is 6.10 Å². The summed E-state index contributed by atoms with van der Waals surface area (Å²) in [4.78, 5) is 17.6. The highest BCUT2D eigenvalue weighted by molar-refractivity contribution is 7.10. The molecule has 2 aromatic rings. The van der Waals surface area contributed by atoms with E-state index in [1.807, 2.05) is 40.6 Å². The van der Waals surface area contributed by atoms with Crippen LogP contribution in [0.4, 0.5) is 0 Å². The van der Waals surface area contributed by atoms with Crippen LogP contribution < -0.4 is 0 Å². The van der Waals surface area contributed by atoms with E-state index in [1.54, 1.807) is 11.3 Å². The van der Waals surface area contributed by atoms with Crippen LogP contribution in [0.1, 0.15) is 23.0 Å². The number of aliphatic hydroxyl groups is 1. The van der Waals surface area contributed by atoms with E-state index in [1.165, 1.54) is 5.56 Å². The van der Waals surface area contributed by atoms with Crippen molar-refractivity contribution < 1.29 is 9.90 Å². The Hall–Kier alpha value is -1.69. The van der Waals surface area contributed by atoms with Gasteiger partial charge >= 0.3 is 0 Å². The molecule has 128 valence electrons. The Kier molecular flexibility index (Phi) is 6.01. The third kappa shape index (κ3) is 4.66. The van der Waals surface area contributed by atoms with E-state index in [2.05, 4.69) is 17.0 Å². The summed E-state index contributed by atoms with van der Waals surface area (Å²) < 4.78 is 0. The molecule has 0 unspecified atom stereocenters. The van der Waals surface area contributed by atoms with E-state index in [0.717, 1.165) is 37.5 Å². The zero-order chi connectivity index (χ0) is 16.8. The minimum absolute atomic E-state index is 0.234. The number of nitrogens with zero attached hydrogens (tertiary/aromatic N) is 2. The summed E-state index contributed by atoms with van der Waals surface area (Å²) in [6.07, 6.45) is 0.948. The van der Waals surface area contributed by atoms with Crippen LogP contribution in [0.15, 0.2) is 47.8 Å². The highest BCUT2D eigenvalue weighted by atomic mass is 32.1. The number of amides is 1. The molecular weight excluding hydrogens is 320 g/mol. The number of carbonyl (C=O) groups is 1. The Morgan fingerprint density at radius 3 is 2.50 bits per heavy atom. The quantitative estimate of drug-likeness (QED) is 0.876. The third-order valence-corrected chi connectivity index (χ3v) is 5.47. The first-order valence-electron chi connectivity index (χ1n) is 8.48. The number of carbonyl (C=O) groups excluding carboxylic acids is 1. The van der Waals surface area contributed by atoms with Gasteiger partial charge in [-0.2, -0.15) is 0 Å². The Labute approximate surface area is 147 Å². The lowest BCUT2D eigenvalue weighted by Gasteiger charge is -2.35. The zero-order valence-corrected chi connectivity index (χ0v) is 14.6. The molecule has 1 atom stereocenters. The lowest BCUT2D eigenvalue weighted by Crippen LogP contribution is -2.49. The van der Waals surface area contributed by atoms with Crippen LogP contribution in [-0.4, -0.2) is 53.5 Å². The minimum Gasteiger partial charge on any atom is -0.386 e. The average molecular weight is 344 g/mol. The molecule has 0 bridgehead atoms. The van der Waals surface area contributed by atoms with Crippen molar-refractivity contribution in [3.63, 3.8) is 0 Å². The largest absolute Gasteiger partial charge is 0.386 e. The van der Waals surface area contributed by atoms with E-state index >= 15 is 0 Å². The molecule has 0 saturated carbocycles. The summed E-state index contributed by atoms with van der Waals surface area (Å²) in [5.74, 6) is 0.234. The molecule has 1 aliphatic rings. The Bertz CT molecular complexity index is 622. The van der Waals surface area contributed by atoms with Gasteiger partial charge in [0.2, 0.25) is 5.91 Å². The monoisotopic (exact) mass is 344 g/mol. The van der Waals surface area contributed by atoms with Crippen LogP contribution in [0, 0.1) is 0 Å². The molecule has 0 spiro atoms. The highest BCUT2D eigenvalue weighted by Gasteiger charge is 2.22. The normalized spacial score (nSPS) is 17.0. The number of thiophene rings is 1. The number of hydrogen-bond donors (Lipinski definition) is 1. The number of hydrogen-bond acceptors (Lipinski definition) is 4. The van der Waals surface area contributed by atoms with Gasteiger partial charge in [-0.05, 0) is 23.4 Å². The molecule has 1 fully saturated rings. The maximum absolute atomic E-state index is 12.3. The number of piperazine rings is 1. The minimum atomic E-state index is -0.426. The van der Waals surface area contributed by atoms with Crippen molar-refractivity contribution in [1.29, 1.82) is 0 Å². The molecule has 5 heteroatoms. The molecule has 3 rings (SSSR count). The fourth-order valence-electron chi connectivity index (χ4n) is 3.05. The molecule has 4 nitrogen and oxygen atoms in total. The van der Waals surface area contributed by atoms with E-state index in [-0.39, 0.29) is 5.91 Å². The lowest BCUT2D eigenvalue weighted by molar-refractivity contribution is -0.133. The molecule has 1 amide bonds. The van der Waals surface area contributed by atoms with Crippen LogP contribution in [-0.2, 0) is 11.2 Å². The lowest BCUT2D eigenvalue weighted by atomic mass is 10.1. The number of β-amino-alcohol motifs (C(OH)–C–C–N with tert-alkyl or cyclic N) is 1. The van der Waals surface area contributed by atoms with Gasteiger partial charge in [-0.3, -0.25) is 9.69 Å². The summed E-state index contributed by atoms with van der Waals surface area (Å²) in [7, 11) is 0. The molecule has 1 aromatic carbocycles. The van der Waals surface area contributed by atoms with Gasteiger partial charge in [0.05, 0.1) is 0 Å². The van der Waals surface area contributed by atoms with Gasteiger partial charge < -0.3 is 10.0 Å². The van der Waals surface area contributed by atoms with Gasteiger partial charge in [0.25, 0.3) is 0 Å². The molecule has 1 aliphatic heterocycles. The molecule has 1 saturated heterocycles. The van der Waals surface area contributed by atoms with Gasteiger partial charge in [0.1, 0.15) is 6.10 Å². The molecule has 1 N–H and O–H groups in total. The highest BCUT2D eigenvalue weighted by Crippen LogP contribution is 2.20. The number of rotatable bonds is 6. The maximum Gasteiger partial charge on any atom is 0.222 e. The van der Waals surface area contributed by atoms with Crippen molar-refractivity contribution in [3.05, 3.63) is 58.3 Å². The maximum atomic E-state index is 12.3. The Balaban J connectivity index is 1.40.